The number of rotatable bonds is 4. The van der Waals surface area contributed by atoms with Crippen LogP contribution in [0.4, 0.5) is 4.39 Å². The van der Waals surface area contributed by atoms with E-state index in [9.17, 15) is 14.3 Å². The van der Waals surface area contributed by atoms with Gasteiger partial charge in [-0.1, -0.05) is 17.7 Å². The normalized spacial score (nSPS) is 26.1. The first-order chi connectivity index (χ1) is 9.91. The SMILES string of the molecule is CN(CC1(O)CCC1)C(=O)C1CC1c1c(F)cccc1Cl. The van der Waals surface area contributed by atoms with Crippen LogP contribution in [0.5, 0.6) is 0 Å². The lowest BCUT2D eigenvalue weighted by molar-refractivity contribution is -0.137. The lowest BCUT2D eigenvalue weighted by atomic mass is 9.80. The second-order valence-electron chi connectivity index (χ2n) is 6.36. The summed E-state index contributed by atoms with van der Waals surface area (Å²) in [5.74, 6) is -0.722. The Kier molecular flexibility index (Phi) is 3.70. The van der Waals surface area contributed by atoms with E-state index in [2.05, 4.69) is 0 Å². The number of hydrogen-bond acceptors (Lipinski definition) is 2. The summed E-state index contributed by atoms with van der Waals surface area (Å²) in [5, 5.41) is 10.5. The van der Waals surface area contributed by atoms with Crippen LogP contribution in [0.1, 0.15) is 37.2 Å². The molecule has 1 aromatic carbocycles. The number of hydrogen-bond donors (Lipinski definition) is 1. The molecule has 21 heavy (non-hydrogen) atoms. The van der Waals surface area contributed by atoms with E-state index in [1.165, 1.54) is 6.07 Å². The summed E-state index contributed by atoms with van der Waals surface area (Å²) >= 11 is 6.05. The molecular weight excluding hydrogens is 293 g/mol. The van der Waals surface area contributed by atoms with E-state index >= 15 is 0 Å². The summed E-state index contributed by atoms with van der Waals surface area (Å²) in [6.07, 6.45) is 3.13. The van der Waals surface area contributed by atoms with Crippen LogP contribution in [-0.4, -0.2) is 35.1 Å². The highest BCUT2D eigenvalue weighted by atomic mass is 35.5. The van der Waals surface area contributed by atoms with Gasteiger partial charge in [-0.15, -0.1) is 0 Å². The fraction of sp³-hybridized carbons (Fsp3) is 0.562. The van der Waals surface area contributed by atoms with Crippen molar-refractivity contribution in [2.75, 3.05) is 13.6 Å². The van der Waals surface area contributed by atoms with Gasteiger partial charge in [0.25, 0.3) is 0 Å². The molecule has 2 aliphatic rings. The molecule has 1 amide bonds. The maximum Gasteiger partial charge on any atom is 0.226 e. The van der Waals surface area contributed by atoms with Gasteiger partial charge in [-0.2, -0.15) is 0 Å². The molecule has 0 aliphatic heterocycles. The monoisotopic (exact) mass is 311 g/mol. The smallest absolute Gasteiger partial charge is 0.226 e. The number of carbonyl (C=O) groups is 1. The molecule has 0 spiro atoms. The van der Waals surface area contributed by atoms with Gasteiger partial charge in [-0.05, 0) is 37.8 Å². The number of carbonyl (C=O) groups excluding carboxylic acids is 1. The minimum Gasteiger partial charge on any atom is -0.388 e. The highest BCUT2D eigenvalue weighted by Crippen LogP contribution is 2.51. The van der Waals surface area contributed by atoms with Gasteiger partial charge >= 0.3 is 0 Å². The number of amides is 1. The maximum atomic E-state index is 13.9. The standard InChI is InChI=1S/C16H19ClFNO2/c1-19(9-16(21)6-3-7-16)15(20)11-8-10(11)14-12(17)4-2-5-13(14)18/h2,4-5,10-11,21H,3,6-9H2,1H3. The summed E-state index contributed by atoms with van der Waals surface area (Å²) in [6, 6.07) is 4.60. The molecule has 114 valence electrons. The molecule has 0 aromatic heterocycles. The Bertz CT molecular complexity index is 553. The highest BCUT2D eigenvalue weighted by molar-refractivity contribution is 6.31. The van der Waals surface area contributed by atoms with Crippen molar-refractivity contribution in [2.45, 2.75) is 37.2 Å². The van der Waals surface area contributed by atoms with Crippen LogP contribution in [-0.2, 0) is 4.79 Å². The molecule has 2 fully saturated rings. The quantitative estimate of drug-likeness (QED) is 0.928. The summed E-state index contributed by atoms with van der Waals surface area (Å²) < 4.78 is 13.9. The Morgan fingerprint density at radius 1 is 1.52 bits per heavy atom. The zero-order chi connectivity index (χ0) is 15.2. The second kappa shape index (κ2) is 5.25. The molecule has 2 atom stereocenters. The zero-order valence-electron chi connectivity index (χ0n) is 12.0. The van der Waals surface area contributed by atoms with E-state index in [1.807, 2.05) is 0 Å². The Balaban J connectivity index is 1.65. The van der Waals surface area contributed by atoms with Gasteiger partial charge in [-0.3, -0.25) is 4.79 Å². The molecule has 3 nitrogen and oxygen atoms in total. The van der Waals surface area contributed by atoms with Crippen molar-refractivity contribution in [3.05, 3.63) is 34.6 Å². The van der Waals surface area contributed by atoms with Gasteiger partial charge < -0.3 is 10.0 Å². The summed E-state index contributed by atoms with van der Waals surface area (Å²) in [5.41, 5.74) is -0.266. The number of benzene rings is 1. The van der Waals surface area contributed by atoms with E-state index in [-0.39, 0.29) is 23.6 Å². The van der Waals surface area contributed by atoms with Crippen molar-refractivity contribution in [2.24, 2.45) is 5.92 Å². The van der Waals surface area contributed by atoms with E-state index in [0.29, 0.717) is 23.6 Å². The van der Waals surface area contributed by atoms with Crippen LogP contribution in [0.3, 0.4) is 0 Å². The molecular formula is C16H19ClFNO2. The molecule has 0 saturated heterocycles. The summed E-state index contributed by atoms with van der Waals surface area (Å²) in [7, 11) is 1.71. The van der Waals surface area contributed by atoms with E-state index in [1.54, 1.807) is 24.1 Å². The molecule has 2 aliphatic carbocycles. The topological polar surface area (TPSA) is 40.5 Å². The molecule has 2 saturated carbocycles. The number of likely N-dealkylation sites (N-methyl/N-ethyl adjacent to an activating group) is 1. The van der Waals surface area contributed by atoms with Crippen molar-refractivity contribution in [1.82, 2.24) is 4.90 Å². The third-order valence-corrected chi connectivity index (χ3v) is 5.00. The lowest BCUT2D eigenvalue weighted by Crippen LogP contribution is -2.48. The molecule has 0 radical (unpaired) electrons. The minimum absolute atomic E-state index is 0.0281. The number of halogens is 2. The molecule has 2 unspecified atom stereocenters. The van der Waals surface area contributed by atoms with Gasteiger partial charge in [0.1, 0.15) is 5.82 Å². The van der Waals surface area contributed by atoms with Crippen molar-refractivity contribution in [3.63, 3.8) is 0 Å². The van der Waals surface area contributed by atoms with Gasteiger partial charge in [0.15, 0.2) is 0 Å². The lowest BCUT2D eigenvalue weighted by Gasteiger charge is -2.39. The summed E-state index contributed by atoms with van der Waals surface area (Å²) in [4.78, 5) is 14.0. The van der Waals surface area contributed by atoms with E-state index in [0.717, 1.165) is 19.3 Å². The predicted octanol–water partition coefficient (Wildman–Crippen LogP) is 2.96. The first-order valence-corrected chi connectivity index (χ1v) is 7.70. The van der Waals surface area contributed by atoms with Crippen LogP contribution >= 0.6 is 11.6 Å². The van der Waals surface area contributed by atoms with Gasteiger partial charge in [0.2, 0.25) is 5.91 Å². The third kappa shape index (κ3) is 2.79. The van der Waals surface area contributed by atoms with Crippen LogP contribution in [0.2, 0.25) is 5.02 Å². The fourth-order valence-corrected chi connectivity index (χ4v) is 3.50. The number of aliphatic hydroxyl groups is 1. The number of nitrogens with zero attached hydrogens (tertiary/aromatic N) is 1. The van der Waals surface area contributed by atoms with Crippen LogP contribution < -0.4 is 0 Å². The van der Waals surface area contributed by atoms with Crippen LogP contribution in [0, 0.1) is 11.7 Å². The summed E-state index contributed by atoms with van der Waals surface area (Å²) in [6.45, 7) is 0.361. The van der Waals surface area contributed by atoms with Gasteiger partial charge in [0.05, 0.1) is 5.60 Å². The van der Waals surface area contributed by atoms with Crippen molar-refractivity contribution < 1.29 is 14.3 Å². The second-order valence-corrected chi connectivity index (χ2v) is 6.76. The van der Waals surface area contributed by atoms with Crippen molar-refractivity contribution >= 4 is 17.5 Å². The van der Waals surface area contributed by atoms with Crippen molar-refractivity contribution in [1.29, 1.82) is 0 Å². The van der Waals surface area contributed by atoms with Crippen LogP contribution in [0.25, 0.3) is 0 Å². The average molecular weight is 312 g/mol. The Morgan fingerprint density at radius 3 is 2.81 bits per heavy atom. The van der Waals surface area contributed by atoms with E-state index in [4.69, 9.17) is 11.6 Å². The van der Waals surface area contributed by atoms with Gasteiger partial charge in [-0.25, -0.2) is 4.39 Å². The van der Waals surface area contributed by atoms with E-state index < -0.39 is 5.60 Å². The molecule has 1 aromatic rings. The Labute approximate surface area is 128 Å². The Morgan fingerprint density at radius 2 is 2.24 bits per heavy atom. The van der Waals surface area contributed by atoms with Crippen LogP contribution in [0.15, 0.2) is 18.2 Å². The molecule has 0 heterocycles. The fourth-order valence-electron chi connectivity index (χ4n) is 3.20. The third-order valence-electron chi connectivity index (χ3n) is 4.67. The first kappa shape index (κ1) is 14.8. The van der Waals surface area contributed by atoms with Gasteiger partial charge in [0, 0.05) is 36.0 Å². The first-order valence-electron chi connectivity index (χ1n) is 7.32. The molecule has 0 bridgehead atoms. The Hall–Kier alpha value is -1.13. The average Bonchev–Trinajstić information content (AvgIpc) is 3.16. The minimum atomic E-state index is -0.718. The zero-order valence-corrected chi connectivity index (χ0v) is 12.7. The molecule has 5 heteroatoms. The molecule has 1 N–H and O–H groups in total. The maximum absolute atomic E-state index is 13.9. The largest absolute Gasteiger partial charge is 0.388 e. The van der Waals surface area contributed by atoms with Crippen molar-refractivity contribution in [3.8, 4) is 0 Å². The molecule has 3 rings (SSSR count). The predicted molar refractivity (Wildman–Crippen MR) is 78.7 cm³/mol. The highest BCUT2D eigenvalue weighted by Gasteiger charge is 2.48.